The number of unbranched alkanes of at least 4 members (excludes halogenated alkanes) is 12. The van der Waals surface area contributed by atoms with E-state index in [1.54, 1.807) is 0 Å². The summed E-state index contributed by atoms with van der Waals surface area (Å²) in [5.74, 6) is -0.0742. The number of benzene rings is 3. The first kappa shape index (κ1) is 26.0. The van der Waals surface area contributed by atoms with Gasteiger partial charge in [-0.2, -0.15) is 0 Å². The van der Waals surface area contributed by atoms with E-state index in [9.17, 15) is 4.79 Å². The minimum atomic E-state index is -0.0742. The van der Waals surface area contributed by atoms with Crippen LogP contribution in [0.15, 0.2) is 60.7 Å². The molecule has 0 spiro atoms. The lowest BCUT2D eigenvalue weighted by Gasteiger charge is -2.04. The van der Waals surface area contributed by atoms with Crippen LogP contribution in [-0.4, -0.2) is 13.1 Å². The maximum atomic E-state index is 11.1. The largest absolute Gasteiger partial charge is 0.469 e. The van der Waals surface area contributed by atoms with Crippen molar-refractivity contribution in [1.82, 2.24) is 0 Å². The Labute approximate surface area is 206 Å². The fourth-order valence-corrected chi connectivity index (χ4v) is 4.68. The van der Waals surface area contributed by atoms with E-state index < -0.39 is 0 Å². The van der Waals surface area contributed by atoms with Crippen molar-refractivity contribution in [2.45, 2.75) is 89.9 Å². The van der Waals surface area contributed by atoms with Gasteiger partial charge in [-0.15, -0.1) is 0 Å². The van der Waals surface area contributed by atoms with Gasteiger partial charge in [0.2, 0.25) is 0 Å². The zero-order valence-corrected chi connectivity index (χ0v) is 21.1. The number of carbonyl (C=O) groups is 1. The summed E-state index contributed by atoms with van der Waals surface area (Å²) in [7, 11) is 1.47. The van der Waals surface area contributed by atoms with E-state index in [4.69, 9.17) is 0 Å². The molecular formula is C32H42O2. The van der Waals surface area contributed by atoms with E-state index in [0.29, 0.717) is 6.42 Å². The molecule has 0 N–H and O–H groups in total. The predicted molar refractivity (Wildman–Crippen MR) is 147 cm³/mol. The summed E-state index contributed by atoms with van der Waals surface area (Å²) in [4.78, 5) is 11.1. The second-order valence-corrected chi connectivity index (χ2v) is 9.57. The van der Waals surface area contributed by atoms with Crippen molar-refractivity contribution in [3.05, 3.63) is 66.2 Å². The zero-order valence-electron chi connectivity index (χ0n) is 21.1. The van der Waals surface area contributed by atoms with E-state index in [-0.39, 0.29) is 5.97 Å². The van der Waals surface area contributed by atoms with Gasteiger partial charge >= 0.3 is 5.97 Å². The van der Waals surface area contributed by atoms with Gasteiger partial charge in [-0.3, -0.25) is 4.79 Å². The van der Waals surface area contributed by atoms with Gasteiger partial charge in [-0.1, -0.05) is 113 Å². The van der Waals surface area contributed by atoms with Crippen LogP contribution >= 0.6 is 0 Å². The second-order valence-electron chi connectivity index (χ2n) is 9.57. The van der Waals surface area contributed by atoms with Crippen LogP contribution in [0.3, 0.4) is 0 Å². The van der Waals surface area contributed by atoms with E-state index in [2.05, 4.69) is 71.5 Å². The molecule has 0 aliphatic rings. The number of rotatable bonds is 16. The minimum absolute atomic E-state index is 0.0742. The fourth-order valence-electron chi connectivity index (χ4n) is 4.68. The van der Waals surface area contributed by atoms with Gasteiger partial charge in [-0.25, -0.2) is 0 Å². The fraction of sp³-hybridized carbons (Fsp3) is 0.469. The third-order valence-electron chi connectivity index (χ3n) is 6.77. The number of carbonyl (C=O) groups excluding carboxylic acids is 1. The van der Waals surface area contributed by atoms with Crippen LogP contribution in [-0.2, 0) is 9.53 Å². The molecule has 0 bridgehead atoms. The van der Waals surface area contributed by atoms with Gasteiger partial charge in [0, 0.05) is 6.42 Å². The molecule has 0 aromatic heterocycles. The number of fused-ring (bicyclic) bond motifs is 2. The summed E-state index contributed by atoms with van der Waals surface area (Å²) < 4.78 is 4.67. The standard InChI is InChI=1S/C32H42O2/c1-34-32(33)21-15-13-11-9-7-5-3-2-4-6-8-10-12-14-18-27-22-23-30-25-28-19-16-17-20-29(28)26-31(30)24-27/h14,16-20,22-26H,2-13,15,21H2,1H3. The highest BCUT2D eigenvalue weighted by Crippen LogP contribution is 2.24. The highest BCUT2D eigenvalue weighted by molar-refractivity contribution is 5.98. The highest BCUT2D eigenvalue weighted by Gasteiger charge is 2.00. The topological polar surface area (TPSA) is 26.3 Å². The maximum Gasteiger partial charge on any atom is 0.305 e. The molecule has 0 aliphatic carbocycles. The van der Waals surface area contributed by atoms with Crippen molar-refractivity contribution in [2.24, 2.45) is 0 Å². The molecule has 182 valence electrons. The maximum absolute atomic E-state index is 11.1. The van der Waals surface area contributed by atoms with E-state index >= 15 is 0 Å². The van der Waals surface area contributed by atoms with Crippen LogP contribution in [0, 0.1) is 0 Å². The predicted octanol–water partition coefficient (Wildman–Crippen LogP) is 9.64. The van der Waals surface area contributed by atoms with E-state index in [1.165, 1.54) is 105 Å². The van der Waals surface area contributed by atoms with Crippen molar-refractivity contribution >= 4 is 33.6 Å². The molecule has 0 unspecified atom stereocenters. The number of methoxy groups -OCH3 is 1. The Kier molecular flexibility index (Phi) is 11.7. The third kappa shape index (κ3) is 9.33. The van der Waals surface area contributed by atoms with E-state index in [0.717, 1.165) is 12.8 Å². The Hall–Kier alpha value is -2.61. The highest BCUT2D eigenvalue weighted by atomic mass is 16.5. The molecule has 0 heterocycles. The van der Waals surface area contributed by atoms with Gasteiger partial charge < -0.3 is 4.74 Å². The number of allylic oxidation sites excluding steroid dienone is 1. The molecule has 0 atom stereocenters. The summed E-state index contributed by atoms with van der Waals surface area (Å²) in [6.07, 6.45) is 21.9. The number of hydrogen-bond acceptors (Lipinski definition) is 2. The molecule has 0 fully saturated rings. The molecule has 0 saturated carbocycles. The molecular weight excluding hydrogens is 416 g/mol. The van der Waals surface area contributed by atoms with Gasteiger partial charge in [0.05, 0.1) is 7.11 Å². The molecule has 3 rings (SSSR count). The SMILES string of the molecule is COC(=O)CCCCCCCCCCCCCCC=Cc1ccc2cc3ccccc3cc2c1. The Balaban J connectivity index is 1.19. The van der Waals surface area contributed by atoms with Gasteiger partial charge in [0.1, 0.15) is 0 Å². The van der Waals surface area contributed by atoms with Crippen molar-refractivity contribution < 1.29 is 9.53 Å². The lowest BCUT2D eigenvalue weighted by atomic mass is 10.0. The normalized spacial score (nSPS) is 11.6. The van der Waals surface area contributed by atoms with Crippen LogP contribution in [0.5, 0.6) is 0 Å². The van der Waals surface area contributed by atoms with Crippen LogP contribution in [0.25, 0.3) is 27.6 Å². The van der Waals surface area contributed by atoms with Crippen LogP contribution in [0.1, 0.15) is 95.5 Å². The van der Waals surface area contributed by atoms with Gasteiger partial charge in [0.15, 0.2) is 0 Å². The van der Waals surface area contributed by atoms with Crippen LogP contribution in [0.2, 0.25) is 0 Å². The number of esters is 1. The molecule has 3 aromatic rings. The third-order valence-corrected chi connectivity index (χ3v) is 6.77. The second kappa shape index (κ2) is 15.3. The van der Waals surface area contributed by atoms with Crippen molar-refractivity contribution in [3.63, 3.8) is 0 Å². The Morgan fingerprint density at radius 1 is 0.647 bits per heavy atom. The molecule has 0 amide bonds. The molecule has 3 aromatic carbocycles. The van der Waals surface area contributed by atoms with Crippen LogP contribution < -0.4 is 0 Å². The lowest BCUT2D eigenvalue weighted by molar-refractivity contribution is -0.140. The minimum Gasteiger partial charge on any atom is -0.469 e. The molecule has 2 heteroatoms. The quantitative estimate of drug-likeness (QED) is 0.121. The first-order valence-corrected chi connectivity index (χ1v) is 13.4. The summed E-state index contributed by atoms with van der Waals surface area (Å²) in [5.41, 5.74) is 1.30. The lowest BCUT2D eigenvalue weighted by Crippen LogP contribution is -1.99. The molecule has 0 saturated heterocycles. The number of hydrogen-bond donors (Lipinski definition) is 0. The molecule has 0 radical (unpaired) electrons. The molecule has 0 aliphatic heterocycles. The zero-order chi connectivity index (χ0) is 23.8. The smallest absolute Gasteiger partial charge is 0.305 e. The van der Waals surface area contributed by atoms with Crippen LogP contribution in [0.4, 0.5) is 0 Å². The summed E-state index contributed by atoms with van der Waals surface area (Å²) in [6.45, 7) is 0. The van der Waals surface area contributed by atoms with Crippen molar-refractivity contribution in [3.8, 4) is 0 Å². The summed E-state index contributed by atoms with van der Waals surface area (Å²) in [6, 6.07) is 20.0. The van der Waals surface area contributed by atoms with Crippen molar-refractivity contribution in [1.29, 1.82) is 0 Å². The average Bonchev–Trinajstić information content (AvgIpc) is 2.86. The Bertz CT molecular complexity index is 1030. The number of ether oxygens (including phenoxy) is 1. The Morgan fingerprint density at radius 2 is 1.18 bits per heavy atom. The Morgan fingerprint density at radius 3 is 1.79 bits per heavy atom. The van der Waals surface area contributed by atoms with Gasteiger partial charge in [0.25, 0.3) is 0 Å². The molecule has 2 nitrogen and oxygen atoms in total. The van der Waals surface area contributed by atoms with E-state index in [1.807, 2.05) is 0 Å². The summed E-state index contributed by atoms with van der Waals surface area (Å²) in [5, 5.41) is 5.25. The first-order valence-electron chi connectivity index (χ1n) is 13.4. The average molecular weight is 459 g/mol. The van der Waals surface area contributed by atoms with Crippen molar-refractivity contribution in [2.75, 3.05) is 7.11 Å². The molecule has 34 heavy (non-hydrogen) atoms. The summed E-state index contributed by atoms with van der Waals surface area (Å²) >= 11 is 0. The monoisotopic (exact) mass is 458 g/mol. The van der Waals surface area contributed by atoms with Gasteiger partial charge in [-0.05, 0) is 64.6 Å². The first-order chi connectivity index (χ1) is 16.8.